The van der Waals surface area contributed by atoms with Gasteiger partial charge in [-0.3, -0.25) is 4.79 Å². The zero-order chi connectivity index (χ0) is 12.4. The van der Waals surface area contributed by atoms with Gasteiger partial charge in [-0.05, 0) is 24.0 Å². The summed E-state index contributed by atoms with van der Waals surface area (Å²) in [6, 6.07) is 10.1. The Labute approximate surface area is 105 Å². The predicted octanol–water partition coefficient (Wildman–Crippen LogP) is 1.38. The fraction of sp³-hybridized carbons (Fsp3) is 0.286. The Bertz CT molecular complexity index is 579. The van der Waals surface area contributed by atoms with Gasteiger partial charge in [0.2, 0.25) is 0 Å². The van der Waals surface area contributed by atoms with Crippen LogP contribution in [0, 0.1) is 0 Å². The van der Waals surface area contributed by atoms with Gasteiger partial charge < -0.3 is 9.88 Å². The van der Waals surface area contributed by atoms with Crippen LogP contribution < -0.4 is 10.5 Å². The molecule has 1 aliphatic heterocycles. The molecule has 0 atom stereocenters. The summed E-state index contributed by atoms with van der Waals surface area (Å²) in [4.78, 5) is 20.3. The minimum Gasteiger partial charge on any atom is -0.356 e. The van der Waals surface area contributed by atoms with E-state index in [-0.39, 0.29) is 5.56 Å². The molecule has 1 aromatic carbocycles. The van der Waals surface area contributed by atoms with Crippen LogP contribution >= 0.6 is 0 Å². The minimum absolute atomic E-state index is 0.0956. The fourth-order valence-electron chi connectivity index (χ4n) is 2.43. The number of H-pyrrole nitrogens is 1. The van der Waals surface area contributed by atoms with Crippen molar-refractivity contribution in [3.63, 3.8) is 0 Å². The number of aromatic amines is 1. The van der Waals surface area contributed by atoms with E-state index >= 15 is 0 Å². The van der Waals surface area contributed by atoms with Gasteiger partial charge in [0.05, 0.1) is 6.33 Å². The molecule has 1 N–H and O–H groups in total. The highest BCUT2D eigenvalue weighted by Crippen LogP contribution is 2.18. The Morgan fingerprint density at radius 3 is 2.39 bits per heavy atom. The number of nitrogens with zero attached hydrogens (tertiary/aromatic N) is 2. The van der Waals surface area contributed by atoms with E-state index < -0.39 is 0 Å². The molecule has 4 nitrogen and oxygen atoms in total. The SMILES string of the molecule is O=c1cc(N2CCc3ccccc3CC2)nc[nH]1. The molecular formula is C14H15N3O. The maximum atomic E-state index is 11.3. The molecule has 3 rings (SSSR count). The van der Waals surface area contributed by atoms with Gasteiger partial charge in [0, 0.05) is 19.2 Å². The van der Waals surface area contributed by atoms with E-state index in [1.54, 1.807) is 6.07 Å². The average molecular weight is 241 g/mol. The first-order valence-electron chi connectivity index (χ1n) is 6.19. The lowest BCUT2D eigenvalue weighted by Crippen LogP contribution is -2.28. The highest BCUT2D eigenvalue weighted by Gasteiger charge is 2.14. The van der Waals surface area contributed by atoms with E-state index in [9.17, 15) is 4.79 Å². The largest absolute Gasteiger partial charge is 0.356 e. The van der Waals surface area contributed by atoms with Crippen molar-refractivity contribution in [1.82, 2.24) is 9.97 Å². The topological polar surface area (TPSA) is 49.0 Å². The number of benzene rings is 1. The lowest BCUT2D eigenvalue weighted by Gasteiger charge is -2.20. The number of fused-ring (bicyclic) bond motifs is 1. The molecule has 2 heterocycles. The molecule has 0 fully saturated rings. The Morgan fingerprint density at radius 1 is 1.11 bits per heavy atom. The standard InChI is InChI=1S/C14H15N3O/c18-14-9-13(15-10-16-14)17-7-5-11-3-1-2-4-12(11)6-8-17/h1-4,9-10H,5-8H2,(H,15,16,18). The van der Waals surface area contributed by atoms with Crippen molar-refractivity contribution in [1.29, 1.82) is 0 Å². The highest BCUT2D eigenvalue weighted by atomic mass is 16.1. The third-order valence-electron chi connectivity index (χ3n) is 3.41. The van der Waals surface area contributed by atoms with Gasteiger partial charge >= 0.3 is 0 Å². The molecule has 0 aliphatic carbocycles. The maximum absolute atomic E-state index is 11.3. The first-order chi connectivity index (χ1) is 8.83. The van der Waals surface area contributed by atoms with E-state index in [1.165, 1.54) is 17.5 Å². The van der Waals surface area contributed by atoms with Crippen molar-refractivity contribution < 1.29 is 0 Å². The van der Waals surface area contributed by atoms with Crippen molar-refractivity contribution in [3.05, 3.63) is 58.1 Å². The Balaban J connectivity index is 1.85. The maximum Gasteiger partial charge on any atom is 0.252 e. The molecule has 0 spiro atoms. The lowest BCUT2D eigenvalue weighted by atomic mass is 10.0. The quantitative estimate of drug-likeness (QED) is 0.820. The second-order valence-electron chi connectivity index (χ2n) is 4.53. The molecule has 0 amide bonds. The molecule has 2 aromatic rings. The lowest BCUT2D eigenvalue weighted by molar-refractivity contribution is 0.786. The monoisotopic (exact) mass is 241 g/mol. The number of aromatic nitrogens is 2. The number of rotatable bonds is 1. The number of anilines is 1. The van der Waals surface area contributed by atoms with Crippen LogP contribution in [0.15, 0.2) is 41.5 Å². The van der Waals surface area contributed by atoms with Crippen LogP contribution in [0.4, 0.5) is 5.82 Å². The van der Waals surface area contributed by atoms with Crippen LogP contribution in [0.5, 0.6) is 0 Å². The third-order valence-corrected chi connectivity index (χ3v) is 3.41. The highest BCUT2D eigenvalue weighted by molar-refractivity contribution is 5.40. The van der Waals surface area contributed by atoms with Crippen LogP contribution in [-0.2, 0) is 12.8 Å². The van der Waals surface area contributed by atoms with Crippen molar-refractivity contribution in [2.45, 2.75) is 12.8 Å². The molecule has 0 saturated carbocycles. The number of hydrogen-bond donors (Lipinski definition) is 1. The van der Waals surface area contributed by atoms with E-state index in [0.29, 0.717) is 0 Å². The van der Waals surface area contributed by atoms with Crippen LogP contribution in [-0.4, -0.2) is 23.1 Å². The normalized spacial score (nSPS) is 15.0. The van der Waals surface area contributed by atoms with Gasteiger partial charge in [-0.15, -0.1) is 0 Å². The molecule has 92 valence electrons. The van der Waals surface area contributed by atoms with Gasteiger partial charge in [0.25, 0.3) is 5.56 Å². The van der Waals surface area contributed by atoms with E-state index in [4.69, 9.17) is 0 Å². The second-order valence-corrected chi connectivity index (χ2v) is 4.53. The van der Waals surface area contributed by atoms with Crippen LogP contribution in [0.2, 0.25) is 0 Å². The van der Waals surface area contributed by atoms with Crippen LogP contribution in [0.25, 0.3) is 0 Å². The van der Waals surface area contributed by atoms with Gasteiger partial charge in [0.15, 0.2) is 0 Å². The predicted molar refractivity (Wildman–Crippen MR) is 70.9 cm³/mol. The van der Waals surface area contributed by atoms with Gasteiger partial charge in [-0.25, -0.2) is 4.98 Å². The van der Waals surface area contributed by atoms with Crippen molar-refractivity contribution >= 4 is 5.82 Å². The molecule has 18 heavy (non-hydrogen) atoms. The summed E-state index contributed by atoms with van der Waals surface area (Å²) in [6.07, 6.45) is 3.48. The molecule has 0 radical (unpaired) electrons. The first-order valence-corrected chi connectivity index (χ1v) is 6.19. The molecular weight excluding hydrogens is 226 g/mol. The van der Waals surface area contributed by atoms with Gasteiger partial charge in [-0.2, -0.15) is 0 Å². The summed E-state index contributed by atoms with van der Waals surface area (Å²) >= 11 is 0. The molecule has 1 aromatic heterocycles. The van der Waals surface area contributed by atoms with Crippen molar-refractivity contribution in [3.8, 4) is 0 Å². The molecule has 1 aliphatic rings. The zero-order valence-corrected chi connectivity index (χ0v) is 10.1. The smallest absolute Gasteiger partial charge is 0.252 e. The first kappa shape index (κ1) is 11.0. The van der Waals surface area contributed by atoms with Gasteiger partial charge in [-0.1, -0.05) is 24.3 Å². The molecule has 0 saturated heterocycles. The summed E-state index contributed by atoms with van der Waals surface area (Å²) < 4.78 is 0. The van der Waals surface area contributed by atoms with E-state index in [1.807, 2.05) is 0 Å². The van der Waals surface area contributed by atoms with Crippen molar-refractivity contribution in [2.75, 3.05) is 18.0 Å². The van der Waals surface area contributed by atoms with Crippen LogP contribution in [0.1, 0.15) is 11.1 Å². The van der Waals surface area contributed by atoms with Crippen molar-refractivity contribution in [2.24, 2.45) is 0 Å². The summed E-state index contributed by atoms with van der Waals surface area (Å²) in [6.45, 7) is 1.82. The molecule has 0 unspecified atom stereocenters. The molecule has 4 heteroatoms. The van der Waals surface area contributed by atoms with E-state index in [0.717, 1.165) is 31.7 Å². The van der Waals surface area contributed by atoms with E-state index in [2.05, 4.69) is 39.1 Å². The minimum atomic E-state index is -0.0956. The number of nitrogens with one attached hydrogen (secondary N) is 1. The Hall–Kier alpha value is -2.10. The van der Waals surface area contributed by atoms with Crippen LogP contribution in [0.3, 0.4) is 0 Å². The average Bonchev–Trinajstić information content (AvgIpc) is 2.61. The molecule has 0 bridgehead atoms. The Morgan fingerprint density at radius 2 is 1.78 bits per heavy atom. The number of hydrogen-bond acceptors (Lipinski definition) is 3. The Kier molecular flexibility index (Phi) is 2.84. The summed E-state index contributed by atoms with van der Waals surface area (Å²) in [5, 5.41) is 0. The summed E-state index contributed by atoms with van der Waals surface area (Å²) in [5.41, 5.74) is 2.72. The van der Waals surface area contributed by atoms with Gasteiger partial charge in [0.1, 0.15) is 5.82 Å². The summed E-state index contributed by atoms with van der Waals surface area (Å²) in [5.74, 6) is 0.770. The zero-order valence-electron chi connectivity index (χ0n) is 10.1. The third kappa shape index (κ3) is 2.14. The second kappa shape index (κ2) is 4.64. The fourth-order valence-corrected chi connectivity index (χ4v) is 2.43. The summed E-state index contributed by atoms with van der Waals surface area (Å²) in [7, 11) is 0.